The number of aromatic carboxylic acids is 1. The highest BCUT2D eigenvalue weighted by Gasteiger charge is 2.36. The van der Waals surface area contributed by atoms with Crippen molar-refractivity contribution < 1.29 is 24.3 Å². The number of amides is 3. The highest BCUT2D eigenvalue weighted by molar-refractivity contribution is 6.34. The van der Waals surface area contributed by atoms with Gasteiger partial charge < -0.3 is 15.2 Å². The average molecular weight is 385 g/mol. The lowest BCUT2D eigenvalue weighted by atomic mass is 10.1. The van der Waals surface area contributed by atoms with Gasteiger partial charge in [-0.25, -0.2) is 4.90 Å². The summed E-state index contributed by atoms with van der Waals surface area (Å²) in [5, 5.41) is 13.7. The van der Waals surface area contributed by atoms with Crippen molar-refractivity contribution in [3.63, 3.8) is 0 Å². The number of benzene rings is 3. The molecule has 3 aromatic carbocycles. The normalized spacial score (nSPS) is 12.6. The van der Waals surface area contributed by atoms with Crippen molar-refractivity contribution in [1.82, 2.24) is 0 Å². The van der Waals surface area contributed by atoms with Gasteiger partial charge in [0.1, 0.15) is 0 Å². The summed E-state index contributed by atoms with van der Waals surface area (Å²) in [6, 6.07) is 18.6. The summed E-state index contributed by atoms with van der Waals surface area (Å²) in [6.45, 7) is 0. The molecule has 0 atom stereocenters. The van der Waals surface area contributed by atoms with Crippen LogP contribution in [0.25, 0.3) is 0 Å². The minimum absolute atomic E-state index is 0.0122. The lowest BCUT2D eigenvalue weighted by Gasteiger charge is -2.14. The molecule has 29 heavy (non-hydrogen) atoms. The second-order valence-electron chi connectivity index (χ2n) is 6.36. The predicted octanol–water partition coefficient (Wildman–Crippen LogP) is 2.10. The van der Waals surface area contributed by atoms with Crippen molar-refractivity contribution in [2.75, 3.05) is 10.2 Å². The molecule has 1 aliphatic heterocycles. The largest absolute Gasteiger partial charge is 0.545 e. The first-order valence-electron chi connectivity index (χ1n) is 8.66. The maximum atomic E-state index is 12.7. The van der Waals surface area contributed by atoms with Crippen LogP contribution in [-0.4, -0.2) is 23.7 Å². The Balaban J connectivity index is 1.56. The number of hydrogen-bond acceptors (Lipinski definition) is 5. The van der Waals surface area contributed by atoms with Crippen LogP contribution < -0.4 is 15.3 Å². The maximum absolute atomic E-state index is 12.7. The Morgan fingerprint density at radius 1 is 0.759 bits per heavy atom. The number of hydrogen-bond donors (Lipinski definition) is 1. The van der Waals surface area contributed by atoms with E-state index in [1.54, 1.807) is 36.4 Å². The van der Waals surface area contributed by atoms with Crippen molar-refractivity contribution in [2.24, 2.45) is 0 Å². The van der Waals surface area contributed by atoms with E-state index in [0.29, 0.717) is 16.9 Å². The van der Waals surface area contributed by atoms with Crippen LogP contribution >= 0.6 is 0 Å². The number of carbonyl (C=O) groups excluding carboxylic acids is 4. The van der Waals surface area contributed by atoms with Crippen LogP contribution in [0.5, 0.6) is 0 Å². The van der Waals surface area contributed by atoms with E-state index in [4.69, 9.17) is 0 Å². The Morgan fingerprint density at radius 3 is 2.07 bits per heavy atom. The number of imide groups is 1. The number of carbonyl (C=O) groups is 4. The smallest absolute Gasteiger partial charge is 0.266 e. The Hall–Kier alpha value is -4.26. The molecule has 1 heterocycles. The van der Waals surface area contributed by atoms with Gasteiger partial charge in [0.05, 0.1) is 22.8 Å². The molecule has 0 aromatic heterocycles. The zero-order valence-electron chi connectivity index (χ0n) is 14.9. The lowest BCUT2D eigenvalue weighted by molar-refractivity contribution is -0.255. The van der Waals surface area contributed by atoms with Gasteiger partial charge in [0.15, 0.2) is 0 Å². The standard InChI is InChI=1S/C22H14N2O5/c25-19(13-4-2-1-3-5-13)23-15-7-9-16(10-8-15)24-20(26)17-11-6-14(22(28)29)12-18(17)21(24)27/h1-12H,(H,23,25)(H,28,29)/p-1. The highest BCUT2D eigenvalue weighted by Crippen LogP contribution is 2.30. The molecule has 3 aromatic rings. The summed E-state index contributed by atoms with van der Waals surface area (Å²) in [6.07, 6.45) is 0. The second kappa shape index (κ2) is 7.05. The number of carboxylic acids is 1. The zero-order chi connectivity index (χ0) is 20.5. The van der Waals surface area contributed by atoms with Crippen LogP contribution in [0.3, 0.4) is 0 Å². The van der Waals surface area contributed by atoms with E-state index in [9.17, 15) is 24.3 Å². The Kier molecular flexibility index (Phi) is 4.40. The fourth-order valence-corrected chi connectivity index (χ4v) is 3.09. The summed E-state index contributed by atoms with van der Waals surface area (Å²) < 4.78 is 0. The van der Waals surface area contributed by atoms with Gasteiger partial charge in [-0.15, -0.1) is 0 Å². The van der Waals surface area contributed by atoms with Crippen molar-refractivity contribution in [3.05, 3.63) is 95.1 Å². The first-order chi connectivity index (χ1) is 14.0. The SMILES string of the molecule is O=C([O-])c1ccc2c(c1)C(=O)N(c1ccc(NC(=O)c3ccccc3)cc1)C2=O. The monoisotopic (exact) mass is 385 g/mol. The number of anilines is 2. The first kappa shape index (κ1) is 18.1. The third kappa shape index (κ3) is 3.25. The summed E-state index contributed by atoms with van der Waals surface area (Å²) in [4.78, 5) is 49.5. The van der Waals surface area contributed by atoms with E-state index in [-0.39, 0.29) is 22.6 Å². The molecule has 0 fully saturated rings. The van der Waals surface area contributed by atoms with Gasteiger partial charge in [-0.05, 0) is 54.1 Å². The van der Waals surface area contributed by atoms with E-state index in [1.807, 2.05) is 6.07 Å². The molecule has 142 valence electrons. The van der Waals surface area contributed by atoms with Crippen LogP contribution in [0.15, 0.2) is 72.8 Å². The fourth-order valence-electron chi connectivity index (χ4n) is 3.09. The molecule has 1 N–H and O–H groups in total. The third-order valence-electron chi connectivity index (χ3n) is 4.54. The molecule has 0 radical (unpaired) electrons. The van der Waals surface area contributed by atoms with Gasteiger partial charge in [-0.3, -0.25) is 14.4 Å². The number of nitrogens with zero attached hydrogens (tertiary/aromatic N) is 1. The number of fused-ring (bicyclic) bond motifs is 1. The molecule has 7 nitrogen and oxygen atoms in total. The second-order valence-corrected chi connectivity index (χ2v) is 6.36. The van der Waals surface area contributed by atoms with Crippen LogP contribution in [0.4, 0.5) is 11.4 Å². The molecule has 1 aliphatic rings. The van der Waals surface area contributed by atoms with Crippen molar-refractivity contribution >= 4 is 35.1 Å². The minimum atomic E-state index is -1.43. The van der Waals surface area contributed by atoms with E-state index in [0.717, 1.165) is 11.0 Å². The third-order valence-corrected chi connectivity index (χ3v) is 4.54. The van der Waals surface area contributed by atoms with Crippen molar-refractivity contribution in [1.29, 1.82) is 0 Å². The van der Waals surface area contributed by atoms with Gasteiger partial charge in [0.25, 0.3) is 17.7 Å². The van der Waals surface area contributed by atoms with Gasteiger partial charge in [0.2, 0.25) is 0 Å². The van der Waals surface area contributed by atoms with E-state index >= 15 is 0 Å². The van der Waals surface area contributed by atoms with Crippen LogP contribution in [-0.2, 0) is 0 Å². The molecule has 0 unspecified atom stereocenters. The van der Waals surface area contributed by atoms with Gasteiger partial charge in [-0.2, -0.15) is 0 Å². The molecular weight excluding hydrogens is 372 g/mol. The van der Waals surface area contributed by atoms with Crippen molar-refractivity contribution in [3.8, 4) is 0 Å². The van der Waals surface area contributed by atoms with Crippen molar-refractivity contribution in [2.45, 2.75) is 0 Å². The Bertz CT molecular complexity index is 1150. The summed E-state index contributed by atoms with van der Waals surface area (Å²) in [7, 11) is 0. The number of nitrogens with one attached hydrogen (secondary N) is 1. The fraction of sp³-hybridized carbons (Fsp3) is 0. The van der Waals surface area contributed by atoms with Gasteiger partial charge in [0, 0.05) is 11.3 Å². The molecule has 4 rings (SSSR count). The molecule has 3 amide bonds. The summed E-state index contributed by atoms with van der Waals surface area (Å²) in [5.74, 6) is -2.87. The predicted molar refractivity (Wildman–Crippen MR) is 103 cm³/mol. The molecule has 0 spiro atoms. The molecule has 0 saturated heterocycles. The molecule has 0 aliphatic carbocycles. The van der Waals surface area contributed by atoms with Crippen LogP contribution in [0.1, 0.15) is 41.4 Å². The highest BCUT2D eigenvalue weighted by atomic mass is 16.4. The molecule has 7 heteroatoms. The summed E-state index contributed by atoms with van der Waals surface area (Å²) >= 11 is 0. The van der Waals surface area contributed by atoms with Crippen LogP contribution in [0.2, 0.25) is 0 Å². The zero-order valence-corrected chi connectivity index (χ0v) is 14.9. The minimum Gasteiger partial charge on any atom is -0.545 e. The number of rotatable bonds is 4. The topological polar surface area (TPSA) is 107 Å². The molecule has 0 bridgehead atoms. The van der Waals surface area contributed by atoms with E-state index < -0.39 is 17.8 Å². The first-order valence-corrected chi connectivity index (χ1v) is 8.66. The van der Waals surface area contributed by atoms with E-state index in [1.165, 1.54) is 24.3 Å². The average Bonchev–Trinajstić information content (AvgIpc) is 2.99. The lowest BCUT2D eigenvalue weighted by Crippen LogP contribution is -2.29. The Labute approximate surface area is 165 Å². The quantitative estimate of drug-likeness (QED) is 0.692. The van der Waals surface area contributed by atoms with E-state index in [2.05, 4.69) is 5.32 Å². The van der Waals surface area contributed by atoms with Gasteiger partial charge in [-0.1, -0.05) is 24.3 Å². The molecule has 0 saturated carbocycles. The maximum Gasteiger partial charge on any atom is 0.266 e. The summed E-state index contributed by atoms with van der Waals surface area (Å²) in [5.41, 5.74) is 1.27. The van der Waals surface area contributed by atoms with Gasteiger partial charge >= 0.3 is 0 Å². The number of carboxylic acid groups (broad SMARTS) is 1. The van der Waals surface area contributed by atoms with Crippen LogP contribution in [0, 0.1) is 0 Å². The Morgan fingerprint density at radius 2 is 1.41 bits per heavy atom. The molecular formula is C22H13N2O5-.